The lowest BCUT2D eigenvalue weighted by molar-refractivity contribution is -0.177. The Balaban J connectivity index is 2.68. The number of hydrogen-bond donors (Lipinski definition) is 1. The molecule has 118 valence electrons. The molecule has 4 heteroatoms. The van der Waals surface area contributed by atoms with Crippen molar-refractivity contribution in [2.75, 3.05) is 13.7 Å². The number of ether oxygens (including phenoxy) is 1. The van der Waals surface area contributed by atoms with Crippen molar-refractivity contribution in [2.24, 2.45) is 11.1 Å². The average molecular weight is 284 g/mol. The van der Waals surface area contributed by atoms with E-state index in [-0.39, 0.29) is 17.4 Å². The Morgan fingerprint density at radius 1 is 1.40 bits per heavy atom. The van der Waals surface area contributed by atoms with E-state index >= 15 is 0 Å². The Hall–Kier alpha value is -0.610. The van der Waals surface area contributed by atoms with Gasteiger partial charge in [0, 0.05) is 37.6 Å². The summed E-state index contributed by atoms with van der Waals surface area (Å²) < 4.78 is 5.88. The number of carbonyl (C=O) groups is 1. The fourth-order valence-corrected chi connectivity index (χ4v) is 3.58. The predicted octanol–water partition coefficient (Wildman–Crippen LogP) is 2.56. The lowest BCUT2D eigenvalue weighted by Gasteiger charge is -2.58. The quantitative estimate of drug-likeness (QED) is 0.745. The SMILES string of the molecule is CCOC1CC(N(C)C(=O)CCC(C)N)C1(CC)CC. The Morgan fingerprint density at radius 2 is 2.00 bits per heavy atom. The van der Waals surface area contributed by atoms with Crippen LogP contribution in [0.5, 0.6) is 0 Å². The van der Waals surface area contributed by atoms with Gasteiger partial charge in [-0.05, 0) is 39.5 Å². The highest BCUT2D eigenvalue weighted by atomic mass is 16.5. The molecule has 1 aliphatic rings. The van der Waals surface area contributed by atoms with Crippen LogP contribution in [-0.2, 0) is 9.53 Å². The van der Waals surface area contributed by atoms with Crippen LogP contribution in [0.15, 0.2) is 0 Å². The minimum absolute atomic E-state index is 0.0898. The van der Waals surface area contributed by atoms with Crippen molar-refractivity contribution in [2.45, 2.75) is 78.0 Å². The topological polar surface area (TPSA) is 55.6 Å². The molecular weight excluding hydrogens is 252 g/mol. The van der Waals surface area contributed by atoms with Crippen LogP contribution < -0.4 is 5.73 Å². The standard InChI is InChI=1S/C16H32N2O2/c1-6-16(7-2)13(11-14(16)20-8-3)18(5)15(19)10-9-12(4)17/h12-14H,6-11,17H2,1-5H3. The Morgan fingerprint density at radius 3 is 2.45 bits per heavy atom. The van der Waals surface area contributed by atoms with E-state index in [1.807, 2.05) is 25.8 Å². The predicted molar refractivity (Wildman–Crippen MR) is 82.5 cm³/mol. The molecule has 1 amide bonds. The van der Waals surface area contributed by atoms with Crippen LogP contribution in [0.2, 0.25) is 0 Å². The molecule has 0 aromatic heterocycles. The highest BCUT2D eigenvalue weighted by Crippen LogP contribution is 2.51. The van der Waals surface area contributed by atoms with E-state index in [1.165, 1.54) is 0 Å². The molecule has 0 bridgehead atoms. The van der Waals surface area contributed by atoms with E-state index in [1.54, 1.807) is 0 Å². The van der Waals surface area contributed by atoms with Gasteiger partial charge in [-0.2, -0.15) is 0 Å². The lowest BCUT2D eigenvalue weighted by Crippen LogP contribution is -2.64. The van der Waals surface area contributed by atoms with Crippen LogP contribution in [0, 0.1) is 5.41 Å². The minimum atomic E-state index is 0.0898. The molecule has 0 radical (unpaired) electrons. The van der Waals surface area contributed by atoms with Crippen LogP contribution in [0.25, 0.3) is 0 Å². The first kappa shape index (κ1) is 17.4. The van der Waals surface area contributed by atoms with Gasteiger partial charge in [-0.25, -0.2) is 0 Å². The summed E-state index contributed by atoms with van der Waals surface area (Å²) in [5.74, 6) is 0.216. The lowest BCUT2D eigenvalue weighted by atomic mass is 9.58. The first-order valence-corrected chi connectivity index (χ1v) is 8.05. The van der Waals surface area contributed by atoms with Crippen molar-refractivity contribution in [3.05, 3.63) is 0 Å². The molecule has 0 heterocycles. The highest BCUT2D eigenvalue weighted by molar-refractivity contribution is 5.76. The highest BCUT2D eigenvalue weighted by Gasteiger charge is 2.55. The molecule has 1 saturated carbocycles. The summed E-state index contributed by atoms with van der Waals surface area (Å²) in [6.45, 7) is 9.16. The number of hydrogen-bond acceptors (Lipinski definition) is 3. The van der Waals surface area contributed by atoms with Gasteiger partial charge < -0.3 is 15.4 Å². The van der Waals surface area contributed by atoms with E-state index in [9.17, 15) is 4.79 Å². The van der Waals surface area contributed by atoms with Crippen LogP contribution in [0.3, 0.4) is 0 Å². The molecule has 1 fully saturated rings. The molecule has 0 aliphatic heterocycles. The van der Waals surface area contributed by atoms with E-state index < -0.39 is 0 Å². The number of rotatable bonds is 8. The second-order valence-corrected chi connectivity index (χ2v) is 6.16. The maximum atomic E-state index is 12.3. The largest absolute Gasteiger partial charge is 0.378 e. The van der Waals surface area contributed by atoms with Crippen LogP contribution >= 0.6 is 0 Å². The molecule has 0 spiro atoms. The van der Waals surface area contributed by atoms with Gasteiger partial charge in [0.15, 0.2) is 0 Å². The van der Waals surface area contributed by atoms with Crippen molar-refractivity contribution in [3.8, 4) is 0 Å². The zero-order chi connectivity index (χ0) is 15.3. The van der Waals surface area contributed by atoms with Crippen molar-refractivity contribution < 1.29 is 9.53 Å². The van der Waals surface area contributed by atoms with Crippen molar-refractivity contribution >= 4 is 5.91 Å². The molecule has 0 saturated heterocycles. The summed E-state index contributed by atoms with van der Waals surface area (Å²) in [5.41, 5.74) is 5.87. The van der Waals surface area contributed by atoms with Crippen LogP contribution in [-0.4, -0.2) is 42.6 Å². The van der Waals surface area contributed by atoms with Gasteiger partial charge >= 0.3 is 0 Å². The summed E-state index contributed by atoms with van der Waals surface area (Å²) >= 11 is 0. The summed E-state index contributed by atoms with van der Waals surface area (Å²) in [6.07, 6.45) is 4.70. The molecule has 4 nitrogen and oxygen atoms in total. The second kappa shape index (κ2) is 7.41. The zero-order valence-electron chi connectivity index (χ0n) is 13.8. The van der Waals surface area contributed by atoms with Crippen molar-refractivity contribution in [1.82, 2.24) is 4.90 Å². The zero-order valence-corrected chi connectivity index (χ0v) is 13.8. The molecule has 3 atom stereocenters. The maximum absolute atomic E-state index is 12.3. The number of amides is 1. The van der Waals surface area contributed by atoms with Crippen LogP contribution in [0.4, 0.5) is 0 Å². The maximum Gasteiger partial charge on any atom is 0.222 e. The minimum Gasteiger partial charge on any atom is -0.378 e. The first-order chi connectivity index (χ1) is 9.42. The number of nitrogens with two attached hydrogens (primary N) is 1. The van der Waals surface area contributed by atoms with Gasteiger partial charge in [0.1, 0.15) is 0 Å². The third kappa shape index (κ3) is 3.34. The van der Waals surface area contributed by atoms with Gasteiger partial charge in [-0.1, -0.05) is 13.8 Å². The Labute approximate surface area is 124 Å². The normalized spacial score (nSPS) is 25.9. The molecule has 2 N–H and O–H groups in total. The van der Waals surface area contributed by atoms with E-state index in [0.29, 0.717) is 18.6 Å². The summed E-state index contributed by atoms with van der Waals surface area (Å²) in [6, 6.07) is 0.404. The van der Waals surface area contributed by atoms with Crippen LogP contribution in [0.1, 0.15) is 59.8 Å². The molecule has 20 heavy (non-hydrogen) atoms. The summed E-state index contributed by atoms with van der Waals surface area (Å²) in [4.78, 5) is 14.2. The Bertz CT molecular complexity index is 314. The molecule has 0 aromatic carbocycles. The third-order valence-electron chi connectivity index (χ3n) is 5.10. The van der Waals surface area contributed by atoms with Gasteiger partial charge in [0.25, 0.3) is 0 Å². The van der Waals surface area contributed by atoms with E-state index in [4.69, 9.17) is 10.5 Å². The Kier molecular flexibility index (Phi) is 6.46. The fraction of sp³-hybridized carbons (Fsp3) is 0.938. The summed E-state index contributed by atoms with van der Waals surface area (Å²) in [7, 11) is 1.94. The van der Waals surface area contributed by atoms with Crippen molar-refractivity contribution in [3.63, 3.8) is 0 Å². The molecule has 3 unspecified atom stereocenters. The number of nitrogens with zero attached hydrogens (tertiary/aromatic N) is 1. The molecule has 1 rings (SSSR count). The summed E-state index contributed by atoms with van der Waals surface area (Å²) in [5, 5.41) is 0. The molecule has 0 aromatic rings. The fourth-order valence-electron chi connectivity index (χ4n) is 3.58. The number of carbonyl (C=O) groups excluding carboxylic acids is 1. The van der Waals surface area contributed by atoms with Gasteiger partial charge in [0.2, 0.25) is 5.91 Å². The molecule has 1 aliphatic carbocycles. The van der Waals surface area contributed by atoms with Crippen molar-refractivity contribution in [1.29, 1.82) is 0 Å². The second-order valence-electron chi connectivity index (χ2n) is 6.16. The van der Waals surface area contributed by atoms with E-state index in [0.717, 1.165) is 32.3 Å². The average Bonchev–Trinajstić information content (AvgIpc) is 2.41. The van der Waals surface area contributed by atoms with Gasteiger partial charge in [-0.15, -0.1) is 0 Å². The monoisotopic (exact) mass is 284 g/mol. The third-order valence-corrected chi connectivity index (χ3v) is 5.10. The van der Waals surface area contributed by atoms with Gasteiger partial charge in [-0.3, -0.25) is 4.79 Å². The van der Waals surface area contributed by atoms with E-state index in [2.05, 4.69) is 13.8 Å². The van der Waals surface area contributed by atoms with Gasteiger partial charge in [0.05, 0.1) is 6.10 Å². The molecular formula is C16H32N2O2. The smallest absolute Gasteiger partial charge is 0.222 e. The first-order valence-electron chi connectivity index (χ1n) is 8.05.